The van der Waals surface area contributed by atoms with Gasteiger partial charge in [-0.1, -0.05) is 20.8 Å². The lowest BCUT2D eigenvalue weighted by Crippen LogP contribution is -2.48. The SMILES string of the molecule is CC(Cc1ccsc1)NC1CC2CCC1(C)C2(C)C. The Balaban J connectivity index is 1.65. The van der Waals surface area contributed by atoms with Gasteiger partial charge in [-0.3, -0.25) is 0 Å². The number of rotatable bonds is 4. The van der Waals surface area contributed by atoms with Gasteiger partial charge in [0, 0.05) is 12.1 Å². The lowest BCUT2D eigenvalue weighted by atomic mass is 9.69. The number of hydrogen-bond donors (Lipinski definition) is 1. The molecule has 0 saturated heterocycles. The molecule has 0 aromatic carbocycles. The van der Waals surface area contributed by atoms with E-state index < -0.39 is 0 Å². The molecule has 0 aliphatic heterocycles. The highest BCUT2D eigenvalue weighted by atomic mass is 32.1. The highest BCUT2D eigenvalue weighted by molar-refractivity contribution is 7.07. The van der Waals surface area contributed by atoms with Gasteiger partial charge in [0.2, 0.25) is 0 Å². The first-order valence-electron chi connectivity index (χ1n) is 7.70. The highest BCUT2D eigenvalue weighted by Crippen LogP contribution is 2.65. The summed E-state index contributed by atoms with van der Waals surface area (Å²) in [4.78, 5) is 0. The summed E-state index contributed by atoms with van der Waals surface area (Å²) in [5.74, 6) is 0.934. The maximum Gasteiger partial charge on any atom is 0.0131 e. The molecular formula is C17H27NS. The molecule has 19 heavy (non-hydrogen) atoms. The summed E-state index contributed by atoms with van der Waals surface area (Å²) in [6.45, 7) is 9.86. The number of nitrogens with one attached hydrogen (secondary N) is 1. The molecule has 2 aliphatic carbocycles. The Bertz CT molecular complexity index is 436. The van der Waals surface area contributed by atoms with Gasteiger partial charge in [-0.05, 0) is 71.7 Å². The number of fused-ring (bicyclic) bond motifs is 2. The molecule has 106 valence electrons. The normalized spacial score (nSPS) is 37.7. The fourth-order valence-corrected chi connectivity index (χ4v) is 5.30. The molecule has 0 radical (unpaired) electrons. The van der Waals surface area contributed by atoms with E-state index in [2.05, 4.69) is 49.8 Å². The zero-order valence-electron chi connectivity index (χ0n) is 12.7. The summed E-state index contributed by atoms with van der Waals surface area (Å²) in [6.07, 6.45) is 5.41. The van der Waals surface area contributed by atoms with Gasteiger partial charge < -0.3 is 5.32 Å². The number of thiophene rings is 1. The summed E-state index contributed by atoms with van der Waals surface area (Å²) < 4.78 is 0. The summed E-state index contributed by atoms with van der Waals surface area (Å²) in [6, 6.07) is 3.57. The summed E-state index contributed by atoms with van der Waals surface area (Å²) in [7, 11) is 0. The van der Waals surface area contributed by atoms with E-state index in [1.807, 2.05) is 11.3 Å². The summed E-state index contributed by atoms with van der Waals surface area (Å²) in [5.41, 5.74) is 2.51. The van der Waals surface area contributed by atoms with Crippen molar-refractivity contribution in [1.82, 2.24) is 5.32 Å². The van der Waals surface area contributed by atoms with Crippen LogP contribution in [0, 0.1) is 16.7 Å². The van der Waals surface area contributed by atoms with Gasteiger partial charge in [-0.25, -0.2) is 0 Å². The molecule has 1 heterocycles. The van der Waals surface area contributed by atoms with E-state index in [1.165, 1.54) is 31.2 Å². The van der Waals surface area contributed by atoms with E-state index in [1.54, 1.807) is 0 Å². The predicted molar refractivity (Wildman–Crippen MR) is 83.6 cm³/mol. The quantitative estimate of drug-likeness (QED) is 0.855. The zero-order valence-corrected chi connectivity index (χ0v) is 13.5. The zero-order chi connectivity index (χ0) is 13.7. The van der Waals surface area contributed by atoms with Crippen molar-refractivity contribution in [3.63, 3.8) is 0 Å². The van der Waals surface area contributed by atoms with Crippen LogP contribution in [0.25, 0.3) is 0 Å². The van der Waals surface area contributed by atoms with E-state index >= 15 is 0 Å². The van der Waals surface area contributed by atoms with Crippen molar-refractivity contribution in [3.05, 3.63) is 22.4 Å². The Labute approximate surface area is 121 Å². The molecule has 2 heteroatoms. The predicted octanol–water partition coefficient (Wildman–Crippen LogP) is 4.48. The van der Waals surface area contributed by atoms with Crippen LogP contribution >= 0.6 is 11.3 Å². The van der Waals surface area contributed by atoms with Crippen LogP contribution in [-0.2, 0) is 6.42 Å². The summed E-state index contributed by atoms with van der Waals surface area (Å²) >= 11 is 1.81. The van der Waals surface area contributed by atoms with Crippen LogP contribution in [0.5, 0.6) is 0 Å². The first kappa shape index (κ1) is 13.6. The van der Waals surface area contributed by atoms with E-state index in [0.717, 1.165) is 12.0 Å². The first-order valence-corrected chi connectivity index (χ1v) is 8.65. The Morgan fingerprint density at radius 3 is 2.74 bits per heavy atom. The maximum atomic E-state index is 3.95. The lowest BCUT2D eigenvalue weighted by Gasteiger charge is -2.40. The molecule has 1 N–H and O–H groups in total. The summed E-state index contributed by atoms with van der Waals surface area (Å²) in [5, 5.41) is 8.42. The Hall–Kier alpha value is -0.340. The lowest BCUT2D eigenvalue weighted by molar-refractivity contribution is 0.116. The van der Waals surface area contributed by atoms with Gasteiger partial charge >= 0.3 is 0 Å². The van der Waals surface area contributed by atoms with E-state index in [0.29, 0.717) is 16.9 Å². The topological polar surface area (TPSA) is 12.0 Å². The second kappa shape index (κ2) is 4.60. The molecule has 4 atom stereocenters. The second-order valence-corrected chi connectivity index (χ2v) is 8.35. The smallest absolute Gasteiger partial charge is 0.0131 e. The molecule has 3 rings (SSSR count). The Morgan fingerprint density at radius 2 is 2.21 bits per heavy atom. The Morgan fingerprint density at radius 1 is 1.42 bits per heavy atom. The fraction of sp³-hybridized carbons (Fsp3) is 0.765. The fourth-order valence-electron chi connectivity index (χ4n) is 4.62. The average Bonchev–Trinajstić information content (AvgIpc) is 2.95. The van der Waals surface area contributed by atoms with Crippen LogP contribution in [0.4, 0.5) is 0 Å². The van der Waals surface area contributed by atoms with Crippen LogP contribution in [-0.4, -0.2) is 12.1 Å². The van der Waals surface area contributed by atoms with Crippen LogP contribution in [0.1, 0.15) is 52.5 Å². The third kappa shape index (κ3) is 2.08. The second-order valence-electron chi connectivity index (χ2n) is 7.57. The van der Waals surface area contributed by atoms with Crippen LogP contribution in [0.2, 0.25) is 0 Å². The van der Waals surface area contributed by atoms with Gasteiger partial charge in [0.25, 0.3) is 0 Å². The molecule has 1 nitrogen and oxygen atoms in total. The molecule has 4 unspecified atom stereocenters. The standard InChI is InChI=1S/C17H27NS/c1-12(9-13-6-8-19-11-13)18-15-10-14-5-7-17(15,4)16(14,2)3/h6,8,11-12,14-15,18H,5,7,9-10H2,1-4H3. The van der Waals surface area contributed by atoms with Gasteiger partial charge in [-0.15, -0.1) is 0 Å². The molecule has 0 spiro atoms. The number of hydrogen-bond acceptors (Lipinski definition) is 2. The van der Waals surface area contributed by atoms with Crippen molar-refractivity contribution in [2.45, 2.75) is 65.5 Å². The average molecular weight is 277 g/mol. The minimum Gasteiger partial charge on any atom is -0.311 e. The molecule has 2 aliphatic rings. The monoisotopic (exact) mass is 277 g/mol. The minimum atomic E-state index is 0.501. The van der Waals surface area contributed by atoms with Gasteiger partial charge in [0.1, 0.15) is 0 Å². The van der Waals surface area contributed by atoms with Gasteiger partial charge in [0.15, 0.2) is 0 Å². The van der Waals surface area contributed by atoms with Crippen LogP contribution in [0.15, 0.2) is 16.8 Å². The molecule has 1 aromatic heterocycles. The molecule has 2 bridgehead atoms. The maximum absolute atomic E-state index is 3.95. The van der Waals surface area contributed by atoms with Crippen molar-refractivity contribution >= 4 is 11.3 Å². The molecular weight excluding hydrogens is 250 g/mol. The molecule has 2 saturated carbocycles. The molecule has 0 amide bonds. The Kier molecular flexibility index (Phi) is 3.30. The largest absolute Gasteiger partial charge is 0.311 e. The third-order valence-corrected chi connectivity index (χ3v) is 7.13. The van der Waals surface area contributed by atoms with Crippen molar-refractivity contribution in [1.29, 1.82) is 0 Å². The minimum absolute atomic E-state index is 0.501. The van der Waals surface area contributed by atoms with Crippen molar-refractivity contribution in [3.8, 4) is 0 Å². The van der Waals surface area contributed by atoms with Crippen LogP contribution < -0.4 is 5.32 Å². The van der Waals surface area contributed by atoms with Crippen LogP contribution in [0.3, 0.4) is 0 Å². The van der Waals surface area contributed by atoms with Gasteiger partial charge in [-0.2, -0.15) is 11.3 Å². The van der Waals surface area contributed by atoms with Crippen molar-refractivity contribution in [2.75, 3.05) is 0 Å². The van der Waals surface area contributed by atoms with Crippen molar-refractivity contribution in [2.24, 2.45) is 16.7 Å². The van der Waals surface area contributed by atoms with E-state index in [4.69, 9.17) is 0 Å². The third-order valence-electron chi connectivity index (χ3n) is 6.40. The van der Waals surface area contributed by atoms with E-state index in [-0.39, 0.29) is 0 Å². The molecule has 2 fully saturated rings. The molecule has 1 aromatic rings. The van der Waals surface area contributed by atoms with Gasteiger partial charge in [0.05, 0.1) is 0 Å². The highest BCUT2D eigenvalue weighted by Gasteiger charge is 2.61. The van der Waals surface area contributed by atoms with E-state index in [9.17, 15) is 0 Å². The first-order chi connectivity index (χ1) is 8.93. The van der Waals surface area contributed by atoms with Crippen molar-refractivity contribution < 1.29 is 0 Å².